The van der Waals surface area contributed by atoms with Crippen molar-refractivity contribution in [3.8, 4) is 5.75 Å². The Bertz CT molecular complexity index is 393. The van der Waals surface area contributed by atoms with Crippen molar-refractivity contribution >= 4 is 0 Å². The molecule has 1 atom stereocenters. The first-order valence-electron chi connectivity index (χ1n) is 7.00. The van der Waals surface area contributed by atoms with Gasteiger partial charge >= 0.3 is 6.18 Å². The molecule has 0 heterocycles. The van der Waals surface area contributed by atoms with Crippen molar-refractivity contribution in [2.75, 3.05) is 26.4 Å². The first kappa shape index (κ1) is 17.8. The zero-order chi connectivity index (χ0) is 15.7. The van der Waals surface area contributed by atoms with E-state index >= 15 is 0 Å². The lowest BCUT2D eigenvalue weighted by Crippen LogP contribution is -2.27. The Morgan fingerprint density at radius 1 is 1.14 bits per heavy atom. The van der Waals surface area contributed by atoms with E-state index in [0.29, 0.717) is 11.8 Å². The van der Waals surface area contributed by atoms with Crippen molar-refractivity contribution in [3.63, 3.8) is 0 Å². The summed E-state index contributed by atoms with van der Waals surface area (Å²) in [4.78, 5) is 0. The molecular weight excluding hydrogens is 283 g/mol. The minimum atomic E-state index is -4.29. The van der Waals surface area contributed by atoms with E-state index < -0.39 is 12.8 Å². The maximum Gasteiger partial charge on any atom is 0.411 e. The smallest absolute Gasteiger partial charge is 0.411 e. The molecule has 0 radical (unpaired) electrons. The van der Waals surface area contributed by atoms with E-state index in [1.165, 1.54) is 5.56 Å². The summed E-state index contributed by atoms with van der Waals surface area (Å²) in [5.41, 5.74) is 1.18. The van der Waals surface area contributed by atoms with Crippen LogP contribution in [0.5, 0.6) is 5.75 Å². The first-order chi connectivity index (χ1) is 9.90. The Labute approximate surface area is 123 Å². The molecule has 0 saturated carbocycles. The van der Waals surface area contributed by atoms with Crippen LogP contribution < -0.4 is 10.1 Å². The highest BCUT2D eigenvalue weighted by molar-refractivity contribution is 5.27. The second-order valence-corrected chi connectivity index (χ2v) is 4.82. The normalized spacial score (nSPS) is 13.2. The Morgan fingerprint density at radius 3 is 2.38 bits per heavy atom. The lowest BCUT2D eigenvalue weighted by molar-refractivity contribution is -0.175. The van der Waals surface area contributed by atoms with Gasteiger partial charge in [-0.2, -0.15) is 13.2 Å². The van der Waals surface area contributed by atoms with Crippen molar-refractivity contribution in [1.82, 2.24) is 5.32 Å². The van der Waals surface area contributed by atoms with Crippen molar-refractivity contribution in [2.24, 2.45) is 0 Å². The number of nitrogens with one attached hydrogen (secondary N) is 1. The molecule has 0 bridgehead atoms. The molecule has 1 N–H and O–H groups in total. The number of halogens is 3. The SMILES string of the molecule is CCNC(C)Cc1ccc(OCCOCC(F)(F)F)cc1. The number of likely N-dealkylation sites (N-methyl/N-ethyl adjacent to an activating group) is 1. The molecule has 1 rings (SSSR count). The van der Waals surface area contributed by atoms with Gasteiger partial charge in [0.2, 0.25) is 0 Å². The molecule has 120 valence electrons. The molecule has 21 heavy (non-hydrogen) atoms. The fourth-order valence-corrected chi connectivity index (χ4v) is 1.90. The van der Waals surface area contributed by atoms with Gasteiger partial charge in [0.05, 0.1) is 6.61 Å². The van der Waals surface area contributed by atoms with E-state index in [1.807, 2.05) is 24.3 Å². The second kappa shape index (κ2) is 8.89. The Kier molecular flexibility index (Phi) is 7.53. The molecule has 1 unspecified atom stereocenters. The van der Waals surface area contributed by atoms with Gasteiger partial charge < -0.3 is 14.8 Å². The lowest BCUT2D eigenvalue weighted by atomic mass is 10.1. The molecule has 3 nitrogen and oxygen atoms in total. The average Bonchev–Trinajstić information content (AvgIpc) is 2.39. The summed E-state index contributed by atoms with van der Waals surface area (Å²) < 4.78 is 45.3. The topological polar surface area (TPSA) is 30.5 Å². The highest BCUT2D eigenvalue weighted by Crippen LogP contribution is 2.15. The number of rotatable bonds is 9. The summed E-state index contributed by atoms with van der Waals surface area (Å²) in [6.45, 7) is 3.89. The van der Waals surface area contributed by atoms with Gasteiger partial charge in [-0.3, -0.25) is 0 Å². The number of benzene rings is 1. The van der Waals surface area contributed by atoms with Crippen LogP contribution in [0.25, 0.3) is 0 Å². The zero-order valence-electron chi connectivity index (χ0n) is 12.4. The predicted octanol–water partition coefficient (Wildman–Crippen LogP) is 3.18. The van der Waals surface area contributed by atoms with E-state index in [1.54, 1.807) is 0 Å². The van der Waals surface area contributed by atoms with Gasteiger partial charge in [0.25, 0.3) is 0 Å². The number of hydrogen-bond acceptors (Lipinski definition) is 3. The van der Waals surface area contributed by atoms with E-state index in [2.05, 4.69) is 23.9 Å². The quantitative estimate of drug-likeness (QED) is 0.711. The highest BCUT2D eigenvalue weighted by Gasteiger charge is 2.27. The van der Waals surface area contributed by atoms with E-state index in [9.17, 15) is 13.2 Å². The monoisotopic (exact) mass is 305 g/mol. The Morgan fingerprint density at radius 2 is 1.81 bits per heavy atom. The maximum absolute atomic E-state index is 11.8. The largest absolute Gasteiger partial charge is 0.491 e. The molecular formula is C15H22F3NO2. The van der Waals surface area contributed by atoms with Gasteiger partial charge in [0.1, 0.15) is 19.0 Å². The molecule has 0 fully saturated rings. The van der Waals surface area contributed by atoms with Crippen LogP contribution in [-0.2, 0) is 11.2 Å². The summed E-state index contributed by atoms with van der Waals surface area (Å²) in [5.74, 6) is 0.630. The number of ether oxygens (including phenoxy) is 2. The lowest BCUT2D eigenvalue weighted by Gasteiger charge is -2.13. The fraction of sp³-hybridized carbons (Fsp3) is 0.600. The fourth-order valence-electron chi connectivity index (χ4n) is 1.90. The minimum absolute atomic E-state index is 0.0846. The summed E-state index contributed by atoms with van der Waals surface area (Å²) in [6.07, 6.45) is -3.37. The summed E-state index contributed by atoms with van der Waals surface area (Å²) in [7, 11) is 0. The second-order valence-electron chi connectivity index (χ2n) is 4.82. The van der Waals surface area contributed by atoms with Crippen LogP contribution >= 0.6 is 0 Å². The van der Waals surface area contributed by atoms with Gasteiger partial charge in [0.15, 0.2) is 0 Å². The van der Waals surface area contributed by atoms with Crippen LogP contribution in [0.2, 0.25) is 0 Å². The number of alkyl halides is 3. The van der Waals surface area contributed by atoms with Gasteiger partial charge in [0, 0.05) is 6.04 Å². The van der Waals surface area contributed by atoms with Crippen LogP contribution in [0.15, 0.2) is 24.3 Å². The van der Waals surface area contributed by atoms with Gasteiger partial charge in [-0.05, 0) is 37.6 Å². The van der Waals surface area contributed by atoms with Crippen molar-refractivity contribution in [1.29, 1.82) is 0 Å². The van der Waals surface area contributed by atoms with Crippen LogP contribution in [0.3, 0.4) is 0 Å². The Hall–Kier alpha value is -1.27. The molecule has 1 aromatic carbocycles. The molecule has 0 amide bonds. The molecule has 0 aliphatic carbocycles. The predicted molar refractivity (Wildman–Crippen MR) is 75.7 cm³/mol. The standard InChI is InChI=1S/C15H22F3NO2/c1-3-19-12(2)10-13-4-6-14(7-5-13)21-9-8-20-11-15(16,17)18/h4-7,12,19H,3,8-11H2,1-2H3. The van der Waals surface area contributed by atoms with Gasteiger partial charge in [-0.15, -0.1) is 0 Å². The minimum Gasteiger partial charge on any atom is -0.491 e. The third kappa shape index (κ3) is 8.57. The van der Waals surface area contributed by atoms with Crippen molar-refractivity contribution < 1.29 is 22.6 Å². The van der Waals surface area contributed by atoms with Crippen LogP contribution in [-0.4, -0.2) is 38.6 Å². The third-order valence-electron chi connectivity index (χ3n) is 2.78. The summed E-state index contributed by atoms with van der Waals surface area (Å²) >= 11 is 0. The zero-order valence-corrected chi connectivity index (χ0v) is 12.4. The van der Waals surface area contributed by atoms with E-state index in [0.717, 1.165) is 13.0 Å². The van der Waals surface area contributed by atoms with Crippen LogP contribution in [0.1, 0.15) is 19.4 Å². The van der Waals surface area contributed by atoms with Gasteiger partial charge in [-0.1, -0.05) is 19.1 Å². The molecule has 0 aliphatic rings. The van der Waals surface area contributed by atoms with Crippen LogP contribution in [0.4, 0.5) is 13.2 Å². The first-order valence-corrected chi connectivity index (χ1v) is 7.00. The molecule has 0 saturated heterocycles. The maximum atomic E-state index is 11.8. The average molecular weight is 305 g/mol. The summed E-state index contributed by atoms with van der Waals surface area (Å²) in [6, 6.07) is 7.95. The molecule has 0 spiro atoms. The van der Waals surface area contributed by atoms with E-state index in [-0.39, 0.29) is 13.2 Å². The Balaban J connectivity index is 2.25. The molecule has 0 aromatic heterocycles. The van der Waals surface area contributed by atoms with Crippen molar-refractivity contribution in [3.05, 3.63) is 29.8 Å². The summed E-state index contributed by atoms with van der Waals surface area (Å²) in [5, 5.41) is 3.33. The highest BCUT2D eigenvalue weighted by atomic mass is 19.4. The van der Waals surface area contributed by atoms with E-state index in [4.69, 9.17) is 4.74 Å². The molecule has 1 aromatic rings. The van der Waals surface area contributed by atoms with Crippen molar-refractivity contribution in [2.45, 2.75) is 32.5 Å². The number of hydrogen-bond donors (Lipinski definition) is 1. The van der Waals surface area contributed by atoms with Crippen LogP contribution in [0, 0.1) is 0 Å². The van der Waals surface area contributed by atoms with Gasteiger partial charge in [-0.25, -0.2) is 0 Å². The molecule has 6 heteroatoms. The third-order valence-corrected chi connectivity index (χ3v) is 2.78. The molecule has 0 aliphatic heterocycles.